The molecule has 3 atom stereocenters. The molecule has 0 bridgehead atoms. The van der Waals surface area contributed by atoms with Gasteiger partial charge in [0.25, 0.3) is 0 Å². The Bertz CT molecular complexity index is 3470. The molecule has 0 unspecified atom stereocenters. The van der Waals surface area contributed by atoms with Gasteiger partial charge in [-0.3, -0.25) is 24.7 Å². The van der Waals surface area contributed by atoms with Gasteiger partial charge >= 0.3 is 6.09 Å². The number of piperidine rings is 1. The third-order valence-electron chi connectivity index (χ3n) is 16.8. The van der Waals surface area contributed by atoms with Crippen molar-refractivity contribution in [2.45, 2.75) is 141 Å². The summed E-state index contributed by atoms with van der Waals surface area (Å²) in [6.45, 7) is 29.3. The van der Waals surface area contributed by atoms with Gasteiger partial charge in [0.05, 0.1) is 40.5 Å². The summed E-state index contributed by atoms with van der Waals surface area (Å²) in [4.78, 5) is 65.0. The highest BCUT2D eigenvalue weighted by Crippen LogP contribution is 2.41. The number of carbonyl (C=O) groups is 2. The molecule has 4 aliphatic heterocycles. The summed E-state index contributed by atoms with van der Waals surface area (Å²) in [5.74, 6) is 2.97. The number of H-pyrrole nitrogens is 1. The number of amides is 2. The molecule has 4 aliphatic rings. The molecule has 444 valence electrons. The maximum Gasteiger partial charge on any atom is 0.410 e. The van der Waals surface area contributed by atoms with Crippen LogP contribution in [-0.4, -0.2) is 171 Å². The zero-order valence-electron chi connectivity index (χ0n) is 50.2. The standard InChI is InChI=1S/C61H81FN14O6S/c1-38-29-73(53-27-52(65-37-66-53)71-19-17-43(18-20-71)34-81-50-26-48-47(25-51(50)83(79,80)60(8,9)10)57(67-36-64-48)68-56-40(3)41(4)69-70-56)22-21-72(38)31-46-32-75(58(78)82-59(5,6)7)39(2)30-74(46)33-54(77)76-35-61(11,12)55-49(76)24-44(28-63-55)23-42-13-15-45(62)16-14-42/h13-16,24-28,36-39,43,46H,17-23,29-35H2,1-12H3,(H2,64,67,68,69,70)/t38-,39+,46+/m1/s1. The van der Waals surface area contributed by atoms with Gasteiger partial charge in [0.2, 0.25) is 5.91 Å². The molecule has 3 saturated heterocycles. The predicted octanol–water partition coefficient (Wildman–Crippen LogP) is 8.64. The second-order valence-electron chi connectivity index (χ2n) is 25.8. The third kappa shape index (κ3) is 12.9. The molecule has 0 radical (unpaired) electrons. The van der Waals surface area contributed by atoms with Crippen LogP contribution in [0.5, 0.6) is 5.75 Å². The van der Waals surface area contributed by atoms with Crippen molar-refractivity contribution in [2.75, 3.05) is 92.1 Å². The zero-order valence-corrected chi connectivity index (χ0v) is 51.0. The van der Waals surface area contributed by atoms with Gasteiger partial charge < -0.3 is 34.4 Å². The van der Waals surface area contributed by atoms with Gasteiger partial charge in [-0.2, -0.15) is 5.10 Å². The minimum Gasteiger partial charge on any atom is -0.492 e. The Kier molecular flexibility index (Phi) is 16.5. The molecule has 0 aliphatic carbocycles. The number of hydrogen-bond acceptors (Lipinski definition) is 17. The maximum atomic E-state index is 14.7. The van der Waals surface area contributed by atoms with Crippen LogP contribution in [0.2, 0.25) is 0 Å². The average Bonchev–Trinajstić information content (AvgIpc) is 3.11. The van der Waals surface area contributed by atoms with Crippen LogP contribution in [-0.2, 0) is 31.2 Å². The summed E-state index contributed by atoms with van der Waals surface area (Å²) in [7, 11) is -3.85. The summed E-state index contributed by atoms with van der Waals surface area (Å²) in [5.41, 5.74) is 4.89. The number of hydrogen-bond donors (Lipinski definition) is 2. The fraction of sp³-hybridized carbons (Fsp3) is 0.541. The van der Waals surface area contributed by atoms with Crippen molar-refractivity contribution in [3.63, 3.8) is 0 Å². The number of aromatic nitrogens is 7. The van der Waals surface area contributed by atoms with Gasteiger partial charge in [0.1, 0.15) is 58.0 Å². The Morgan fingerprint density at radius 2 is 1.53 bits per heavy atom. The van der Waals surface area contributed by atoms with E-state index in [1.807, 2.05) is 57.5 Å². The summed E-state index contributed by atoms with van der Waals surface area (Å²) in [6.07, 6.45) is 6.80. The van der Waals surface area contributed by atoms with Crippen LogP contribution in [0.25, 0.3) is 10.9 Å². The monoisotopic (exact) mass is 1160 g/mol. The molecule has 2 aromatic carbocycles. The number of ether oxygens (including phenoxy) is 2. The molecule has 3 fully saturated rings. The number of sulfone groups is 1. The molecule has 2 N–H and O–H groups in total. The lowest BCUT2D eigenvalue weighted by Gasteiger charge is -2.48. The van der Waals surface area contributed by atoms with Crippen LogP contribution < -0.4 is 24.8 Å². The van der Waals surface area contributed by atoms with Crippen LogP contribution in [0.15, 0.2) is 72.3 Å². The Morgan fingerprint density at radius 3 is 2.20 bits per heavy atom. The van der Waals surface area contributed by atoms with E-state index in [2.05, 4.69) is 78.0 Å². The molecule has 8 heterocycles. The number of halogens is 1. The second kappa shape index (κ2) is 23.2. The minimum atomic E-state index is -3.85. The van der Waals surface area contributed by atoms with E-state index in [9.17, 15) is 22.4 Å². The fourth-order valence-electron chi connectivity index (χ4n) is 11.8. The normalized spacial score (nSPS) is 20.2. The van der Waals surface area contributed by atoms with Crippen molar-refractivity contribution in [1.29, 1.82) is 0 Å². The number of nitrogens with one attached hydrogen (secondary N) is 2. The Balaban J connectivity index is 0.784. The number of aromatic amines is 1. The van der Waals surface area contributed by atoms with Crippen LogP contribution in [0.3, 0.4) is 0 Å². The molecule has 83 heavy (non-hydrogen) atoms. The zero-order chi connectivity index (χ0) is 59.3. The van der Waals surface area contributed by atoms with Crippen molar-refractivity contribution in [3.8, 4) is 5.75 Å². The first-order valence-corrected chi connectivity index (χ1v) is 30.5. The molecule has 10 rings (SSSR count). The molecule has 0 spiro atoms. The number of carbonyl (C=O) groups excluding carboxylic acids is 2. The van der Waals surface area contributed by atoms with Gasteiger partial charge in [-0.25, -0.2) is 37.5 Å². The predicted molar refractivity (Wildman–Crippen MR) is 320 cm³/mol. The topological polar surface area (TPSA) is 211 Å². The number of pyridine rings is 1. The summed E-state index contributed by atoms with van der Waals surface area (Å²) < 4.78 is 53.4. The van der Waals surface area contributed by atoms with Crippen molar-refractivity contribution in [3.05, 3.63) is 101 Å². The van der Waals surface area contributed by atoms with Crippen LogP contribution >= 0.6 is 0 Å². The number of anilines is 5. The summed E-state index contributed by atoms with van der Waals surface area (Å²) in [6, 6.07) is 13.7. The first-order valence-electron chi connectivity index (χ1n) is 29.0. The van der Waals surface area contributed by atoms with E-state index in [0.29, 0.717) is 61.7 Å². The Morgan fingerprint density at radius 1 is 0.819 bits per heavy atom. The van der Waals surface area contributed by atoms with Crippen molar-refractivity contribution >= 4 is 61.7 Å². The Labute approximate surface area is 487 Å². The fourth-order valence-corrected chi connectivity index (χ4v) is 13.1. The van der Waals surface area contributed by atoms with Gasteiger partial charge in [-0.15, -0.1) is 0 Å². The summed E-state index contributed by atoms with van der Waals surface area (Å²) in [5, 5.41) is 11.1. The average molecular weight is 1160 g/mol. The van der Waals surface area contributed by atoms with Gasteiger partial charge in [0, 0.05) is 112 Å². The number of piperazine rings is 2. The van der Waals surface area contributed by atoms with E-state index in [4.69, 9.17) is 24.4 Å². The lowest BCUT2D eigenvalue weighted by molar-refractivity contribution is -0.121. The maximum absolute atomic E-state index is 14.7. The van der Waals surface area contributed by atoms with Gasteiger partial charge in [-0.1, -0.05) is 26.0 Å². The van der Waals surface area contributed by atoms with Crippen LogP contribution in [0, 0.1) is 25.6 Å². The first-order chi connectivity index (χ1) is 39.2. The van der Waals surface area contributed by atoms with E-state index in [0.717, 1.165) is 91.0 Å². The lowest BCUT2D eigenvalue weighted by Crippen LogP contribution is -2.65. The second-order valence-corrected chi connectivity index (χ2v) is 28.5. The highest BCUT2D eigenvalue weighted by molar-refractivity contribution is 7.92. The molecule has 2 amide bonds. The van der Waals surface area contributed by atoms with E-state index >= 15 is 0 Å². The number of aryl methyl sites for hydroxylation is 1. The molecular weight excluding hydrogens is 1080 g/mol. The number of nitrogens with zero attached hydrogens (tertiary/aromatic N) is 12. The first kappa shape index (κ1) is 59.1. The third-order valence-corrected chi connectivity index (χ3v) is 19.3. The van der Waals surface area contributed by atoms with Crippen molar-refractivity contribution in [1.82, 2.24) is 49.8 Å². The van der Waals surface area contributed by atoms with Gasteiger partial charge in [-0.05, 0) is 130 Å². The molecule has 6 aromatic rings. The van der Waals surface area contributed by atoms with Gasteiger partial charge in [0.15, 0.2) is 9.84 Å². The summed E-state index contributed by atoms with van der Waals surface area (Å²) >= 11 is 0. The minimum absolute atomic E-state index is 0.0185. The highest BCUT2D eigenvalue weighted by atomic mass is 32.2. The highest BCUT2D eigenvalue weighted by Gasteiger charge is 2.44. The van der Waals surface area contributed by atoms with Crippen LogP contribution in [0.4, 0.5) is 38.1 Å². The largest absolute Gasteiger partial charge is 0.492 e. The molecule has 22 heteroatoms. The quantitative estimate of drug-likeness (QED) is 0.104. The molecule has 0 saturated carbocycles. The number of rotatable bonds is 14. The molecule has 20 nitrogen and oxygen atoms in total. The number of benzene rings is 2. The van der Waals surface area contributed by atoms with E-state index in [1.54, 1.807) is 51.4 Å². The molecular formula is C61H81FN14O6S. The van der Waals surface area contributed by atoms with Crippen molar-refractivity contribution in [2.24, 2.45) is 5.92 Å². The molecule has 4 aromatic heterocycles. The Hall–Kier alpha value is -7.04. The van der Waals surface area contributed by atoms with E-state index in [-0.39, 0.29) is 64.5 Å². The van der Waals surface area contributed by atoms with Crippen LogP contribution in [0.1, 0.15) is 110 Å². The lowest BCUT2D eigenvalue weighted by atomic mass is 9.91. The smallest absolute Gasteiger partial charge is 0.410 e. The number of fused-ring (bicyclic) bond motifs is 2. The van der Waals surface area contributed by atoms with E-state index in [1.165, 1.54) is 18.5 Å². The SMILES string of the molecule is Cc1n[nH]c(Nc2ncnc3cc(OCC4CCN(c5cc(N6CCN(C[C@H]7CN(C(=O)OC(C)(C)C)[C@@H](C)CN7CC(=O)N7CC(C)(C)c8ncc(Cc9ccc(F)cc9)cc87)[C@H](C)C6)ncn5)CC4)c(S(=O)(=O)C(C)(C)C)cc23)c1C. The van der Waals surface area contributed by atoms with Crippen molar-refractivity contribution < 1.29 is 31.9 Å². The van der Waals surface area contributed by atoms with E-state index < -0.39 is 20.2 Å².